The number of thiazole rings is 1. The first-order chi connectivity index (χ1) is 14.6. The van der Waals surface area contributed by atoms with Crippen LogP contribution in [0.5, 0.6) is 11.5 Å². The third kappa shape index (κ3) is 3.92. The summed E-state index contributed by atoms with van der Waals surface area (Å²) in [6.07, 6.45) is 1.58. The minimum Gasteiger partial charge on any atom is -0.504 e. The number of benzene rings is 2. The molecule has 0 saturated heterocycles. The highest BCUT2D eigenvalue weighted by molar-refractivity contribution is 7.07. The molecule has 0 fully saturated rings. The van der Waals surface area contributed by atoms with Crippen LogP contribution in [0.15, 0.2) is 80.6 Å². The average molecular weight is 420 g/mol. The maximum Gasteiger partial charge on any atom is 0.206 e. The number of phenols is 1. The number of nitrogens with zero attached hydrogens (tertiary/aromatic N) is 3. The van der Waals surface area contributed by atoms with Crippen molar-refractivity contribution in [2.75, 3.05) is 13.7 Å². The first-order valence-electron chi connectivity index (χ1n) is 9.31. The molecule has 30 heavy (non-hydrogen) atoms. The molecule has 0 spiro atoms. The molecular weight excluding hydrogens is 398 g/mol. The number of methoxy groups -OCH3 is 1. The standard InChI is InChI=1S/C23H21N3O3S/c1-15(2)12-24-23-26(25-13-17-8-6-10-20(28-3)22(17)27)18(14-30-23)21-11-16-7-4-5-9-19(16)29-21/h4-11,13-14,27H,1,12H2,2-3H3/b24-23?,25-13+. The van der Waals surface area contributed by atoms with E-state index in [-0.39, 0.29) is 5.75 Å². The molecular formula is C23H21N3O3S. The van der Waals surface area contributed by atoms with Crippen LogP contribution in [0, 0.1) is 0 Å². The summed E-state index contributed by atoms with van der Waals surface area (Å²) in [4.78, 5) is 5.31. The van der Waals surface area contributed by atoms with E-state index in [1.54, 1.807) is 29.1 Å². The normalized spacial score (nSPS) is 12.1. The summed E-state index contributed by atoms with van der Waals surface area (Å²) in [5.41, 5.74) is 3.07. The molecule has 2 aromatic heterocycles. The highest BCUT2D eigenvalue weighted by atomic mass is 32.1. The van der Waals surface area contributed by atoms with E-state index in [0.717, 1.165) is 22.2 Å². The van der Waals surface area contributed by atoms with E-state index >= 15 is 0 Å². The molecule has 2 aromatic carbocycles. The van der Waals surface area contributed by atoms with Gasteiger partial charge in [0.1, 0.15) is 11.3 Å². The van der Waals surface area contributed by atoms with E-state index in [4.69, 9.17) is 9.15 Å². The van der Waals surface area contributed by atoms with Gasteiger partial charge in [-0.15, -0.1) is 11.3 Å². The number of fused-ring (bicyclic) bond motifs is 1. The lowest BCUT2D eigenvalue weighted by atomic mass is 10.2. The summed E-state index contributed by atoms with van der Waals surface area (Å²) in [6.45, 7) is 6.35. The van der Waals surface area contributed by atoms with E-state index in [2.05, 4.69) is 16.7 Å². The van der Waals surface area contributed by atoms with Crippen LogP contribution in [0.2, 0.25) is 0 Å². The summed E-state index contributed by atoms with van der Waals surface area (Å²) < 4.78 is 12.9. The van der Waals surface area contributed by atoms with Crippen molar-refractivity contribution in [2.24, 2.45) is 10.1 Å². The van der Waals surface area contributed by atoms with Crippen LogP contribution in [-0.4, -0.2) is 29.7 Å². The molecule has 0 atom stereocenters. The van der Waals surface area contributed by atoms with Gasteiger partial charge in [-0.2, -0.15) is 5.10 Å². The van der Waals surface area contributed by atoms with Crippen molar-refractivity contribution in [2.45, 2.75) is 6.92 Å². The molecule has 2 heterocycles. The molecule has 0 bridgehead atoms. The number of aromatic hydroxyl groups is 1. The zero-order valence-electron chi connectivity index (χ0n) is 16.7. The van der Waals surface area contributed by atoms with Gasteiger partial charge in [-0.05, 0) is 31.2 Å². The van der Waals surface area contributed by atoms with Crippen LogP contribution >= 0.6 is 11.3 Å². The van der Waals surface area contributed by atoms with Crippen LogP contribution in [0.4, 0.5) is 0 Å². The summed E-state index contributed by atoms with van der Waals surface area (Å²) in [7, 11) is 1.51. The second-order valence-corrected chi connectivity index (χ2v) is 7.62. The Labute approximate surface area is 177 Å². The third-order valence-electron chi connectivity index (χ3n) is 4.41. The van der Waals surface area contributed by atoms with Gasteiger partial charge in [-0.3, -0.25) is 4.99 Å². The topological polar surface area (TPSA) is 72.2 Å². The zero-order chi connectivity index (χ0) is 21.1. The number of aromatic nitrogens is 1. The molecule has 0 saturated carbocycles. The molecule has 0 aliphatic heterocycles. The Hall–Kier alpha value is -3.58. The molecule has 0 amide bonds. The van der Waals surface area contributed by atoms with Crippen LogP contribution in [0.1, 0.15) is 12.5 Å². The molecule has 4 rings (SSSR count). The molecule has 0 aliphatic rings. The smallest absolute Gasteiger partial charge is 0.206 e. The second-order valence-electron chi connectivity index (χ2n) is 6.78. The maximum absolute atomic E-state index is 10.4. The Morgan fingerprint density at radius 2 is 2.10 bits per heavy atom. The van der Waals surface area contributed by atoms with Crippen molar-refractivity contribution in [3.8, 4) is 23.0 Å². The molecule has 4 aromatic rings. The van der Waals surface area contributed by atoms with Crippen molar-refractivity contribution in [3.05, 3.63) is 76.4 Å². The number of ether oxygens (including phenoxy) is 1. The number of para-hydroxylation sites is 2. The second kappa shape index (κ2) is 8.42. The highest BCUT2D eigenvalue weighted by Crippen LogP contribution is 2.30. The quantitative estimate of drug-likeness (QED) is 0.352. The largest absolute Gasteiger partial charge is 0.504 e. The summed E-state index contributed by atoms with van der Waals surface area (Å²) in [5.74, 6) is 1.11. The van der Waals surface area contributed by atoms with Gasteiger partial charge in [0.15, 0.2) is 17.3 Å². The minimum atomic E-state index is 0.0327. The van der Waals surface area contributed by atoms with E-state index in [1.165, 1.54) is 18.4 Å². The Kier molecular flexibility index (Phi) is 5.54. The fourth-order valence-electron chi connectivity index (χ4n) is 2.93. The number of rotatable bonds is 6. The van der Waals surface area contributed by atoms with Crippen LogP contribution in [-0.2, 0) is 0 Å². The SMILES string of the molecule is C=C(C)CN=c1scc(-c2cc3ccccc3o2)n1/N=C/c1cccc(OC)c1O. The summed E-state index contributed by atoms with van der Waals surface area (Å²) >= 11 is 1.46. The van der Waals surface area contributed by atoms with E-state index in [9.17, 15) is 5.11 Å². The lowest BCUT2D eigenvalue weighted by Crippen LogP contribution is -2.12. The van der Waals surface area contributed by atoms with Crippen molar-refractivity contribution in [3.63, 3.8) is 0 Å². The number of furan rings is 1. The minimum absolute atomic E-state index is 0.0327. The van der Waals surface area contributed by atoms with Gasteiger partial charge in [0, 0.05) is 16.3 Å². The van der Waals surface area contributed by atoms with Crippen LogP contribution < -0.4 is 9.54 Å². The van der Waals surface area contributed by atoms with Crippen LogP contribution in [0.3, 0.4) is 0 Å². The van der Waals surface area contributed by atoms with Gasteiger partial charge in [0.2, 0.25) is 4.80 Å². The number of hydrogen-bond donors (Lipinski definition) is 1. The van der Waals surface area contributed by atoms with Crippen molar-refractivity contribution < 1.29 is 14.3 Å². The zero-order valence-corrected chi connectivity index (χ0v) is 17.5. The lowest BCUT2D eigenvalue weighted by Gasteiger charge is -2.05. The summed E-state index contributed by atoms with van der Waals surface area (Å²) in [6, 6.07) is 15.1. The predicted molar refractivity (Wildman–Crippen MR) is 120 cm³/mol. The predicted octanol–water partition coefficient (Wildman–Crippen LogP) is 5.04. The van der Waals surface area contributed by atoms with Crippen LogP contribution in [0.25, 0.3) is 22.4 Å². The Morgan fingerprint density at radius 1 is 1.27 bits per heavy atom. The number of hydrogen-bond acceptors (Lipinski definition) is 6. The Morgan fingerprint density at radius 3 is 2.87 bits per heavy atom. The summed E-state index contributed by atoms with van der Waals surface area (Å²) in [5, 5.41) is 17.9. The molecule has 0 unspecified atom stereocenters. The number of phenolic OH excluding ortho intramolecular Hbond substituents is 1. The van der Waals surface area contributed by atoms with Gasteiger partial charge >= 0.3 is 0 Å². The highest BCUT2D eigenvalue weighted by Gasteiger charge is 2.13. The fourth-order valence-corrected chi connectivity index (χ4v) is 3.75. The third-order valence-corrected chi connectivity index (χ3v) is 5.26. The molecule has 6 nitrogen and oxygen atoms in total. The van der Waals surface area contributed by atoms with Crippen molar-refractivity contribution in [1.29, 1.82) is 0 Å². The van der Waals surface area contributed by atoms with Gasteiger partial charge < -0.3 is 14.3 Å². The van der Waals surface area contributed by atoms with E-state index < -0.39 is 0 Å². The van der Waals surface area contributed by atoms with Gasteiger partial charge in [-0.25, -0.2) is 4.68 Å². The molecule has 7 heteroatoms. The van der Waals surface area contributed by atoms with Crippen molar-refractivity contribution in [1.82, 2.24) is 4.68 Å². The first kappa shape index (κ1) is 19.7. The fraction of sp³-hybridized carbons (Fsp3) is 0.130. The van der Waals surface area contributed by atoms with Gasteiger partial charge in [-0.1, -0.05) is 36.4 Å². The maximum atomic E-state index is 10.4. The van der Waals surface area contributed by atoms with Crippen molar-refractivity contribution >= 4 is 28.5 Å². The lowest BCUT2D eigenvalue weighted by molar-refractivity contribution is 0.373. The van der Waals surface area contributed by atoms with E-state index in [0.29, 0.717) is 28.4 Å². The Bertz CT molecular complexity index is 1280. The van der Waals surface area contributed by atoms with Gasteiger partial charge in [0.25, 0.3) is 0 Å². The average Bonchev–Trinajstić information content (AvgIpc) is 3.35. The molecule has 0 aliphatic carbocycles. The molecule has 1 N–H and O–H groups in total. The van der Waals surface area contributed by atoms with E-state index in [1.807, 2.05) is 42.6 Å². The monoisotopic (exact) mass is 419 g/mol. The first-order valence-corrected chi connectivity index (χ1v) is 10.2. The van der Waals surface area contributed by atoms with Gasteiger partial charge in [0.05, 0.1) is 19.9 Å². The Balaban J connectivity index is 1.83. The molecule has 152 valence electrons. The molecule has 0 radical (unpaired) electrons.